The molecule has 1 N–H and O–H groups in total. The Kier molecular flexibility index (Phi) is 4.90. The van der Waals surface area contributed by atoms with Crippen molar-refractivity contribution in [1.29, 1.82) is 0 Å². The van der Waals surface area contributed by atoms with Crippen molar-refractivity contribution < 1.29 is 13.9 Å². The van der Waals surface area contributed by atoms with Crippen molar-refractivity contribution in [3.05, 3.63) is 23.6 Å². The van der Waals surface area contributed by atoms with Crippen LogP contribution in [0.15, 0.2) is 12.3 Å². The molecule has 1 aliphatic heterocycles. The zero-order valence-electron chi connectivity index (χ0n) is 10.6. The summed E-state index contributed by atoms with van der Waals surface area (Å²) in [5.74, 6) is 0.153. The van der Waals surface area contributed by atoms with Crippen LogP contribution in [-0.4, -0.2) is 30.8 Å². The summed E-state index contributed by atoms with van der Waals surface area (Å²) in [4.78, 5) is 4.00. The Morgan fingerprint density at radius 1 is 1.61 bits per heavy atom. The Hall–Kier alpha value is -1.20. The molecule has 2 heterocycles. The summed E-state index contributed by atoms with van der Waals surface area (Å²) in [5, 5.41) is 3.14. The fourth-order valence-corrected chi connectivity index (χ4v) is 1.93. The Morgan fingerprint density at radius 2 is 2.50 bits per heavy atom. The van der Waals surface area contributed by atoms with Gasteiger partial charge < -0.3 is 14.8 Å². The van der Waals surface area contributed by atoms with E-state index in [-0.39, 0.29) is 11.9 Å². The number of hydrogen-bond donors (Lipinski definition) is 1. The van der Waals surface area contributed by atoms with E-state index in [2.05, 4.69) is 10.3 Å². The van der Waals surface area contributed by atoms with E-state index in [0.717, 1.165) is 31.6 Å². The molecule has 0 spiro atoms. The molecule has 4 nitrogen and oxygen atoms in total. The van der Waals surface area contributed by atoms with Gasteiger partial charge in [-0.05, 0) is 25.5 Å². The number of hydrogen-bond acceptors (Lipinski definition) is 4. The molecule has 1 aromatic rings. The number of ether oxygens (including phenoxy) is 2. The molecule has 1 aliphatic rings. The molecule has 1 atom stereocenters. The van der Waals surface area contributed by atoms with Crippen molar-refractivity contribution in [3.63, 3.8) is 0 Å². The van der Waals surface area contributed by atoms with Crippen LogP contribution in [0.1, 0.15) is 25.3 Å². The van der Waals surface area contributed by atoms with Crippen molar-refractivity contribution in [2.45, 2.75) is 32.4 Å². The van der Waals surface area contributed by atoms with Gasteiger partial charge in [-0.2, -0.15) is 0 Å². The molecule has 0 amide bonds. The van der Waals surface area contributed by atoms with Gasteiger partial charge in [0.1, 0.15) is 12.4 Å². The maximum Gasteiger partial charge on any atom is 0.218 e. The Labute approximate surface area is 107 Å². The molecular formula is C13H19FN2O2. The van der Waals surface area contributed by atoms with E-state index in [1.54, 1.807) is 0 Å². The maximum absolute atomic E-state index is 13.1. The number of pyridine rings is 1. The van der Waals surface area contributed by atoms with E-state index in [1.807, 2.05) is 6.92 Å². The summed E-state index contributed by atoms with van der Waals surface area (Å²) in [5.41, 5.74) is 0.745. The lowest BCUT2D eigenvalue weighted by Gasteiger charge is -2.13. The third kappa shape index (κ3) is 3.65. The van der Waals surface area contributed by atoms with Gasteiger partial charge in [0.05, 0.1) is 12.3 Å². The zero-order chi connectivity index (χ0) is 12.8. The summed E-state index contributed by atoms with van der Waals surface area (Å²) >= 11 is 0. The predicted octanol–water partition coefficient (Wildman–Crippen LogP) is 1.89. The quantitative estimate of drug-likeness (QED) is 0.842. The van der Waals surface area contributed by atoms with Crippen LogP contribution in [0.4, 0.5) is 4.39 Å². The highest BCUT2D eigenvalue weighted by Gasteiger charge is 2.17. The van der Waals surface area contributed by atoms with Crippen molar-refractivity contribution >= 4 is 0 Å². The topological polar surface area (TPSA) is 43.4 Å². The smallest absolute Gasteiger partial charge is 0.218 e. The van der Waals surface area contributed by atoms with Crippen LogP contribution >= 0.6 is 0 Å². The maximum atomic E-state index is 13.1. The number of nitrogens with zero attached hydrogens (tertiary/aromatic N) is 1. The zero-order valence-corrected chi connectivity index (χ0v) is 10.6. The van der Waals surface area contributed by atoms with Gasteiger partial charge in [0.15, 0.2) is 0 Å². The second kappa shape index (κ2) is 6.66. The van der Waals surface area contributed by atoms with E-state index in [4.69, 9.17) is 9.47 Å². The Morgan fingerprint density at radius 3 is 3.22 bits per heavy atom. The predicted molar refractivity (Wildman–Crippen MR) is 66.0 cm³/mol. The van der Waals surface area contributed by atoms with E-state index >= 15 is 0 Å². The average Bonchev–Trinajstić information content (AvgIpc) is 2.88. The van der Waals surface area contributed by atoms with Crippen molar-refractivity contribution in [2.24, 2.45) is 0 Å². The fourth-order valence-electron chi connectivity index (χ4n) is 1.93. The molecule has 1 fully saturated rings. The van der Waals surface area contributed by atoms with Crippen LogP contribution in [0.2, 0.25) is 0 Å². The summed E-state index contributed by atoms with van der Waals surface area (Å²) in [7, 11) is 0. The van der Waals surface area contributed by atoms with Gasteiger partial charge in [-0.1, -0.05) is 6.92 Å². The van der Waals surface area contributed by atoms with Gasteiger partial charge in [-0.25, -0.2) is 9.37 Å². The number of nitrogens with one attached hydrogen (secondary N) is 1. The first-order valence-corrected chi connectivity index (χ1v) is 6.39. The average molecular weight is 254 g/mol. The molecule has 100 valence electrons. The van der Waals surface area contributed by atoms with Gasteiger partial charge in [0.2, 0.25) is 5.88 Å². The van der Waals surface area contributed by atoms with Gasteiger partial charge >= 0.3 is 0 Å². The lowest BCUT2D eigenvalue weighted by Crippen LogP contribution is -2.19. The molecule has 1 aromatic heterocycles. The number of rotatable bonds is 6. The molecule has 0 aliphatic carbocycles. The minimum absolute atomic E-state index is 0.142. The first-order valence-electron chi connectivity index (χ1n) is 6.39. The van der Waals surface area contributed by atoms with Crippen LogP contribution in [0, 0.1) is 5.82 Å². The largest absolute Gasteiger partial charge is 0.475 e. The van der Waals surface area contributed by atoms with Crippen LogP contribution in [-0.2, 0) is 11.3 Å². The third-order valence-corrected chi connectivity index (χ3v) is 2.89. The molecule has 0 bridgehead atoms. The SMILES string of the molecule is CCNCc1cc(F)cnc1OCC1CCCO1. The Bertz CT molecular complexity index is 381. The van der Waals surface area contributed by atoms with E-state index in [9.17, 15) is 4.39 Å². The van der Waals surface area contributed by atoms with Crippen LogP contribution < -0.4 is 10.1 Å². The molecule has 18 heavy (non-hydrogen) atoms. The normalized spacial score (nSPS) is 19.1. The number of aromatic nitrogens is 1. The lowest BCUT2D eigenvalue weighted by molar-refractivity contribution is 0.0659. The second-order valence-electron chi connectivity index (χ2n) is 4.34. The van der Waals surface area contributed by atoms with Gasteiger partial charge in [0, 0.05) is 18.7 Å². The van der Waals surface area contributed by atoms with Crippen LogP contribution in [0.5, 0.6) is 5.88 Å². The molecule has 0 saturated carbocycles. The van der Waals surface area contributed by atoms with Crippen molar-refractivity contribution in [1.82, 2.24) is 10.3 Å². The van der Waals surface area contributed by atoms with Crippen molar-refractivity contribution in [2.75, 3.05) is 19.8 Å². The fraction of sp³-hybridized carbons (Fsp3) is 0.615. The molecule has 0 aromatic carbocycles. The summed E-state index contributed by atoms with van der Waals surface area (Å²) < 4.78 is 24.3. The summed E-state index contributed by atoms with van der Waals surface area (Å²) in [6.45, 7) is 4.66. The van der Waals surface area contributed by atoms with E-state index in [1.165, 1.54) is 12.3 Å². The summed E-state index contributed by atoms with van der Waals surface area (Å²) in [6.07, 6.45) is 3.42. The highest BCUT2D eigenvalue weighted by atomic mass is 19.1. The Balaban J connectivity index is 1.96. The van der Waals surface area contributed by atoms with Gasteiger partial charge in [-0.3, -0.25) is 0 Å². The molecular weight excluding hydrogens is 235 g/mol. The molecule has 2 rings (SSSR count). The second-order valence-corrected chi connectivity index (χ2v) is 4.34. The first-order chi connectivity index (χ1) is 8.79. The minimum atomic E-state index is -0.340. The monoisotopic (exact) mass is 254 g/mol. The summed E-state index contributed by atoms with van der Waals surface area (Å²) in [6, 6.07) is 1.46. The first kappa shape index (κ1) is 13.2. The molecule has 1 saturated heterocycles. The highest BCUT2D eigenvalue weighted by molar-refractivity contribution is 5.26. The lowest BCUT2D eigenvalue weighted by atomic mass is 10.2. The van der Waals surface area contributed by atoms with Crippen molar-refractivity contribution in [3.8, 4) is 5.88 Å². The van der Waals surface area contributed by atoms with Crippen LogP contribution in [0.25, 0.3) is 0 Å². The van der Waals surface area contributed by atoms with Crippen LogP contribution in [0.3, 0.4) is 0 Å². The molecule has 5 heteroatoms. The molecule has 0 radical (unpaired) electrons. The van der Waals surface area contributed by atoms with Gasteiger partial charge in [0.25, 0.3) is 0 Å². The number of halogens is 1. The third-order valence-electron chi connectivity index (χ3n) is 2.89. The van der Waals surface area contributed by atoms with Gasteiger partial charge in [-0.15, -0.1) is 0 Å². The highest BCUT2D eigenvalue weighted by Crippen LogP contribution is 2.18. The van der Waals surface area contributed by atoms with E-state index < -0.39 is 0 Å². The molecule has 1 unspecified atom stereocenters. The minimum Gasteiger partial charge on any atom is -0.475 e. The van der Waals surface area contributed by atoms with E-state index in [0.29, 0.717) is 19.0 Å². The standard InChI is InChI=1S/C13H19FN2O2/c1-2-15-7-10-6-11(14)8-16-13(10)18-9-12-4-3-5-17-12/h6,8,12,15H,2-5,7,9H2,1H3.